The molecule has 0 aromatic rings. The molecule has 0 aromatic heterocycles. The number of urea groups is 1. The minimum Gasteiger partial charge on any atom is -0.353 e. The zero-order chi connectivity index (χ0) is 12.1. The van der Waals surface area contributed by atoms with E-state index in [2.05, 4.69) is 10.6 Å². The third-order valence-electron chi connectivity index (χ3n) is 2.26. The maximum Gasteiger partial charge on any atom is 0.324 e. The highest BCUT2D eigenvalue weighted by Gasteiger charge is 2.29. The van der Waals surface area contributed by atoms with E-state index in [9.17, 15) is 14.4 Å². The van der Waals surface area contributed by atoms with Gasteiger partial charge in [-0.05, 0) is 0 Å². The molecule has 7 nitrogen and oxygen atoms in total. The first kappa shape index (κ1) is 12.4. The summed E-state index contributed by atoms with van der Waals surface area (Å²) >= 11 is 0. The fraction of sp³-hybridized carbons (Fsp3) is 0.667. The van der Waals surface area contributed by atoms with Crippen LogP contribution in [0, 0.1) is 5.92 Å². The fourth-order valence-electron chi connectivity index (χ4n) is 1.38. The SMILES string of the molecule is CC1CN(CC(=O)NCCN)C(=O)NC1=O. The monoisotopic (exact) mass is 228 g/mol. The van der Waals surface area contributed by atoms with Crippen molar-refractivity contribution in [1.82, 2.24) is 15.5 Å². The van der Waals surface area contributed by atoms with Crippen LogP contribution in [0.25, 0.3) is 0 Å². The van der Waals surface area contributed by atoms with Crippen LogP contribution < -0.4 is 16.4 Å². The summed E-state index contributed by atoms with van der Waals surface area (Å²) in [6.45, 7) is 2.65. The second kappa shape index (κ2) is 5.45. The molecule has 1 aliphatic heterocycles. The lowest BCUT2D eigenvalue weighted by atomic mass is 10.1. The topological polar surface area (TPSA) is 105 Å². The van der Waals surface area contributed by atoms with Crippen LogP contribution in [-0.2, 0) is 9.59 Å². The number of rotatable bonds is 4. The number of hydrogen-bond acceptors (Lipinski definition) is 4. The van der Waals surface area contributed by atoms with Crippen LogP contribution in [-0.4, -0.2) is 48.9 Å². The van der Waals surface area contributed by atoms with E-state index in [0.717, 1.165) is 0 Å². The van der Waals surface area contributed by atoms with Crippen LogP contribution in [0.1, 0.15) is 6.92 Å². The van der Waals surface area contributed by atoms with Crippen LogP contribution >= 0.6 is 0 Å². The van der Waals surface area contributed by atoms with Gasteiger partial charge in [-0.3, -0.25) is 14.9 Å². The molecule has 1 aliphatic rings. The molecule has 7 heteroatoms. The van der Waals surface area contributed by atoms with Gasteiger partial charge in [0, 0.05) is 19.6 Å². The summed E-state index contributed by atoms with van der Waals surface area (Å²) in [5.74, 6) is -0.870. The lowest BCUT2D eigenvalue weighted by Crippen LogP contribution is -2.56. The Morgan fingerprint density at radius 2 is 2.31 bits per heavy atom. The summed E-state index contributed by atoms with van der Waals surface area (Å²) in [5, 5.41) is 4.74. The smallest absolute Gasteiger partial charge is 0.324 e. The number of nitrogens with one attached hydrogen (secondary N) is 2. The molecule has 1 atom stereocenters. The van der Waals surface area contributed by atoms with Crippen LogP contribution in [0.5, 0.6) is 0 Å². The number of carbonyl (C=O) groups is 3. The molecular weight excluding hydrogens is 212 g/mol. The van der Waals surface area contributed by atoms with Crippen molar-refractivity contribution < 1.29 is 14.4 Å². The minimum atomic E-state index is -0.522. The van der Waals surface area contributed by atoms with Gasteiger partial charge in [-0.15, -0.1) is 0 Å². The Bertz CT molecular complexity index is 305. The summed E-state index contributed by atoms with van der Waals surface area (Å²) in [7, 11) is 0. The summed E-state index contributed by atoms with van der Waals surface area (Å²) in [5.41, 5.74) is 5.23. The summed E-state index contributed by atoms with van der Waals surface area (Å²) < 4.78 is 0. The van der Waals surface area contributed by atoms with Gasteiger partial charge in [0.15, 0.2) is 0 Å². The minimum absolute atomic E-state index is 0.0521. The van der Waals surface area contributed by atoms with Crippen molar-refractivity contribution in [2.75, 3.05) is 26.2 Å². The first-order valence-electron chi connectivity index (χ1n) is 5.11. The van der Waals surface area contributed by atoms with Gasteiger partial charge in [-0.2, -0.15) is 0 Å². The molecule has 1 heterocycles. The maximum absolute atomic E-state index is 11.3. The lowest BCUT2D eigenvalue weighted by molar-refractivity contribution is -0.127. The van der Waals surface area contributed by atoms with E-state index < -0.39 is 6.03 Å². The molecule has 1 saturated heterocycles. The zero-order valence-electron chi connectivity index (χ0n) is 9.16. The molecule has 0 bridgehead atoms. The summed E-state index contributed by atoms with van der Waals surface area (Å²) in [4.78, 5) is 35.1. The van der Waals surface area contributed by atoms with Crippen molar-refractivity contribution in [2.24, 2.45) is 11.7 Å². The molecule has 90 valence electrons. The molecule has 0 spiro atoms. The van der Waals surface area contributed by atoms with E-state index in [-0.39, 0.29) is 30.8 Å². The normalized spacial score (nSPS) is 20.6. The van der Waals surface area contributed by atoms with E-state index in [0.29, 0.717) is 13.1 Å². The van der Waals surface area contributed by atoms with Crippen LogP contribution in [0.3, 0.4) is 0 Å². The molecule has 0 radical (unpaired) electrons. The molecule has 0 aliphatic carbocycles. The first-order valence-corrected chi connectivity index (χ1v) is 5.11. The third kappa shape index (κ3) is 3.20. The Morgan fingerprint density at radius 3 is 2.94 bits per heavy atom. The standard InChI is InChI=1S/C9H16N4O3/c1-6-4-13(9(16)12-8(6)15)5-7(14)11-3-2-10/h6H,2-5,10H2,1H3,(H,11,14)(H,12,15,16). The Balaban J connectivity index is 2.44. The Hall–Kier alpha value is -1.63. The van der Waals surface area contributed by atoms with Gasteiger partial charge >= 0.3 is 6.03 Å². The van der Waals surface area contributed by atoms with Crippen molar-refractivity contribution in [3.05, 3.63) is 0 Å². The number of imide groups is 1. The summed E-state index contributed by atoms with van der Waals surface area (Å²) in [6.07, 6.45) is 0. The van der Waals surface area contributed by atoms with E-state index in [1.165, 1.54) is 4.90 Å². The van der Waals surface area contributed by atoms with E-state index in [1.807, 2.05) is 0 Å². The van der Waals surface area contributed by atoms with Gasteiger partial charge in [-0.25, -0.2) is 4.79 Å². The van der Waals surface area contributed by atoms with Crippen LogP contribution in [0.4, 0.5) is 4.79 Å². The van der Waals surface area contributed by atoms with Crippen LogP contribution in [0.2, 0.25) is 0 Å². The van der Waals surface area contributed by atoms with E-state index in [1.54, 1.807) is 6.92 Å². The molecule has 1 fully saturated rings. The highest BCUT2D eigenvalue weighted by molar-refractivity contribution is 5.99. The van der Waals surface area contributed by atoms with Crippen molar-refractivity contribution in [3.8, 4) is 0 Å². The number of hydrogen-bond donors (Lipinski definition) is 3. The predicted octanol–water partition coefficient (Wildman–Crippen LogP) is -1.75. The van der Waals surface area contributed by atoms with Crippen molar-refractivity contribution in [1.29, 1.82) is 0 Å². The Morgan fingerprint density at radius 1 is 1.62 bits per heavy atom. The second-order valence-corrected chi connectivity index (χ2v) is 3.71. The fourth-order valence-corrected chi connectivity index (χ4v) is 1.38. The molecular formula is C9H16N4O3. The van der Waals surface area contributed by atoms with Crippen LogP contribution in [0.15, 0.2) is 0 Å². The highest BCUT2D eigenvalue weighted by Crippen LogP contribution is 2.06. The zero-order valence-corrected chi connectivity index (χ0v) is 9.16. The van der Waals surface area contributed by atoms with E-state index >= 15 is 0 Å². The highest BCUT2D eigenvalue weighted by atomic mass is 16.2. The number of carbonyl (C=O) groups excluding carboxylic acids is 3. The molecule has 1 unspecified atom stereocenters. The van der Waals surface area contributed by atoms with Gasteiger partial charge in [-0.1, -0.05) is 6.92 Å². The largest absolute Gasteiger partial charge is 0.353 e. The van der Waals surface area contributed by atoms with Gasteiger partial charge in [0.2, 0.25) is 11.8 Å². The van der Waals surface area contributed by atoms with E-state index in [4.69, 9.17) is 5.73 Å². The second-order valence-electron chi connectivity index (χ2n) is 3.71. The number of amides is 4. The molecule has 0 saturated carbocycles. The van der Waals surface area contributed by atoms with Crippen molar-refractivity contribution in [3.63, 3.8) is 0 Å². The van der Waals surface area contributed by atoms with Gasteiger partial charge < -0.3 is 16.0 Å². The number of nitrogens with zero attached hydrogens (tertiary/aromatic N) is 1. The van der Waals surface area contributed by atoms with Crippen molar-refractivity contribution >= 4 is 17.8 Å². The number of nitrogens with two attached hydrogens (primary N) is 1. The maximum atomic E-state index is 11.3. The average molecular weight is 228 g/mol. The van der Waals surface area contributed by atoms with Crippen molar-refractivity contribution in [2.45, 2.75) is 6.92 Å². The molecule has 1 rings (SSSR count). The van der Waals surface area contributed by atoms with Gasteiger partial charge in [0.1, 0.15) is 6.54 Å². The quantitative estimate of drug-likeness (QED) is 0.530. The lowest BCUT2D eigenvalue weighted by Gasteiger charge is -2.29. The predicted molar refractivity (Wildman–Crippen MR) is 56.3 cm³/mol. The summed E-state index contributed by atoms with van der Waals surface area (Å²) in [6, 6.07) is -0.522. The third-order valence-corrected chi connectivity index (χ3v) is 2.26. The first-order chi connectivity index (χ1) is 7.54. The molecule has 4 N–H and O–H groups in total. The average Bonchev–Trinajstić information content (AvgIpc) is 2.23. The molecule has 0 aromatic carbocycles. The molecule has 16 heavy (non-hydrogen) atoms. The van der Waals surface area contributed by atoms with Gasteiger partial charge in [0.25, 0.3) is 0 Å². The Kier molecular flexibility index (Phi) is 4.24. The van der Waals surface area contributed by atoms with Gasteiger partial charge in [0.05, 0.1) is 5.92 Å². The Labute approximate surface area is 93.3 Å². The molecule has 4 amide bonds.